The zero-order valence-corrected chi connectivity index (χ0v) is 22.8. The van der Waals surface area contributed by atoms with Crippen molar-refractivity contribution in [3.8, 4) is 5.75 Å². The lowest BCUT2D eigenvalue weighted by Gasteiger charge is -2.44. The number of ether oxygens (including phenoxy) is 3. The van der Waals surface area contributed by atoms with Crippen molar-refractivity contribution in [1.29, 1.82) is 0 Å². The molecule has 0 amide bonds. The second kappa shape index (κ2) is 12.1. The molecule has 0 aromatic heterocycles. The largest absolute Gasteiger partial charge is 0.476 e. The molecule has 0 radical (unpaired) electrons. The van der Waals surface area contributed by atoms with Crippen molar-refractivity contribution in [2.45, 2.75) is 103 Å². The van der Waals surface area contributed by atoms with Gasteiger partial charge in [-0.25, -0.2) is 4.79 Å². The van der Waals surface area contributed by atoms with E-state index >= 15 is 0 Å². The molecule has 3 aliphatic rings. The summed E-state index contributed by atoms with van der Waals surface area (Å²) in [6, 6.07) is 7.71. The number of benzene rings is 1. The van der Waals surface area contributed by atoms with Crippen molar-refractivity contribution < 1.29 is 29.2 Å². The van der Waals surface area contributed by atoms with Crippen LogP contribution >= 0.6 is 0 Å². The fraction of sp³-hybridized carbons (Fsp3) is 0.645. The smallest absolute Gasteiger partial charge is 0.350 e. The van der Waals surface area contributed by atoms with E-state index in [0.717, 1.165) is 30.4 Å². The van der Waals surface area contributed by atoms with E-state index in [1.54, 1.807) is 0 Å². The third-order valence-corrected chi connectivity index (χ3v) is 8.38. The van der Waals surface area contributed by atoms with Crippen molar-refractivity contribution in [3.05, 3.63) is 53.6 Å². The third kappa shape index (κ3) is 6.65. The number of carbonyl (C=O) groups is 1. The molecule has 1 fully saturated rings. The van der Waals surface area contributed by atoms with Gasteiger partial charge < -0.3 is 24.4 Å². The molecule has 1 unspecified atom stereocenters. The van der Waals surface area contributed by atoms with Crippen LogP contribution in [0, 0.1) is 24.7 Å². The van der Waals surface area contributed by atoms with Crippen molar-refractivity contribution >= 4 is 5.97 Å². The van der Waals surface area contributed by atoms with Crippen LogP contribution < -0.4 is 4.74 Å². The van der Waals surface area contributed by atoms with Gasteiger partial charge in [0, 0.05) is 18.9 Å². The highest BCUT2D eigenvalue weighted by Gasteiger charge is 2.45. The monoisotopic (exact) mass is 512 g/mol. The molecule has 1 heterocycles. The molecule has 8 atom stereocenters. The zero-order chi connectivity index (χ0) is 26.6. The maximum absolute atomic E-state index is 13.7. The maximum atomic E-state index is 13.7. The number of hydrogen-bond donors (Lipinski definition) is 2. The Morgan fingerprint density at radius 3 is 2.70 bits per heavy atom. The Morgan fingerprint density at radius 1 is 1.19 bits per heavy atom. The number of para-hydroxylation sites is 1. The summed E-state index contributed by atoms with van der Waals surface area (Å²) in [5, 5.41) is 20.7. The molecular formula is C31H44O6. The summed E-state index contributed by atoms with van der Waals surface area (Å²) in [4.78, 5) is 13.7. The van der Waals surface area contributed by atoms with Crippen LogP contribution in [-0.2, 0) is 14.3 Å². The van der Waals surface area contributed by atoms with Crippen LogP contribution in [0.1, 0.15) is 71.3 Å². The lowest BCUT2D eigenvalue weighted by molar-refractivity contribution is -0.172. The number of aryl methyl sites for hydroxylation is 1. The van der Waals surface area contributed by atoms with E-state index in [0.29, 0.717) is 44.0 Å². The SMILES string of the molecule is CCCC(C)(Oc1ccccc1C)C(=O)O[C@H]1C[C@H](O)C=C2C=C[C@H](C)[C@H](CC[C@@H]3C[C@H](O)CCO3)[C@H]21. The fourth-order valence-corrected chi connectivity index (χ4v) is 6.27. The molecule has 2 aliphatic carbocycles. The molecule has 1 aromatic carbocycles. The summed E-state index contributed by atoms with van der Waals surface area (Å²) in [6.07, 6.45) is 9.69. The van der Waals surface area contributed by atoms with Crippen LogP contribution in [0.3, 0.4) is 0 Å². The van der Waals surface area contributed by atoms with Gasteiger partial charge in [0.1, 0.15) is 11.9 Å². The Labute approximate surface area is 221 Å². The molecule has 37 heavy (non-hydrogen) atoms. The van der Waals surface area contributed by atoms with E-state index in [4.69, 9.17) is 14.2 Å². The van der Waals surface area contributed by atoms with Gasteiger partial charge >= 0.3 is 5.97 Å². The van der Waals surface area contributed by atoms with Gasteiger partial charge in [0.05, 0.1) is 18.3 Å². The van der Waals surface area contributed by atoms with Gasteiger partial charge in [-0.1, -0.05) is 56.7 Å². The highest BCUT2D eigenvalue weighted by Crippen LogP contribution is 2.44. The number of carbonyl (C=O) groups excluding carboxylic acids is 1. The lowest BCUT2D eigenvalue weighted by atomic mass is 9.66. The highest BCUT2D eigenvalue weighted by molar-refractivity contribution is 5.80. The van der Waals surface area contributed by atoms with E-state index in [2.05, 4.69) is 19.1 Å². The summed E-state index contributed by atoms with van der Waals surface area (Å²) < 4.78 is 18.5. The first-order valence-corrected chi connectivity index (χ1v) is 14.0. The van der Waals surface area contributed by atoms with Crippen LogP contribution in [-0.4, -0.2) is 52.8 Å². The molecule has 0 bridgehead atoms. The second-order valence-corrected chi connectivity index (χ2v) is 11.4. The van der Waals surface area contributed by atoms with E-state index in [1.165, 1.54) is 0 Å². The van der Waals surface area contributed by atoms with Crippen LogP contribution in [0.2, 0.25) is 0 Å². The average molecular weight is 513 g/mol. The van der Waals surface area contributed by atoms with Crippen LogP contribution in [0.4, 0.5) is 0 Å². The first-order valence-electron chi connectivity index (χ1n) is 14.0. The minimum Gasteiger partial charge on any atom is -0.476 e. The molecule has 1 aliphatic heterocycles. The maximum Gasteiger partial charge on any atom is 0.350 e. The van der Waals surface area contributed by atoms with Crippen LogP contribution in [0.5, 0.6) is 5.75 Å². The first-order chi connectivity index (χ1) is 17.7. The summed E-state index contributed by atoms with van der Waals surface area (Å²) >= 11 is 0. The van der Waals surface area contributed by atoms with Gasteiger partial charge in [0.25, 0.3) is 0 Å². The predicted octanol–water partition coefficient (Wildman–Crippen LogP) is 5.29. The molecule has 6 heteroatoms. The van der Waals surface area contributed by atoms with Gasteiger partial charge in [0.2, 0.25) is 5.60 Å². The third-order valence-electron chi connectivity index (χ3n) is 8.38. The number of hydrogen-bond acceptors (Lipinski definition) is 6. The number of esters is 1. The summed E-state index contributed by atoms with van der Waals surface area (Å²) in [7, 11) is 0. The summed E-state index contributed by atoms with van der Waals surface area (Å²) in [5.74, 6) is 0.860. The number of rotatable bonds is 9. The minimum absolute atomic E-state index is 0.00482. The number of fused-ring (bicyclic) bond motifs is 1. The van der Waals surface area contributed by atoms with Gasteiger partial charge in [0.15, 0.2) is 0 Å². The van der Waals surface area contributed by atoms with Gasteiger partial charge in [-0.3, -0.25) is 0 Å². The topological polar surface area (TPSA) is 85.2 Å². The lowest BCUT2D eigenvalue weighted by Crippen LogP contribution is -2.48. The second-order valence-electron chi connectivity index (χ2n) is 11.4. The predicted molar refractivity (Wildman–Crippen MR) is 143 cm³/mol. The average Bonchev–Trinajstić information content (AvgIpc) is 2.85. The summed E-state index contributed by atoms with van der Waals surface area (Å²) in [5.41, 5.74) is 0.892. The van der Waals surface area contributed by atoms with E-state index in [1.807, 2.05) is 51.1 Å². The molecule has 204 valence electrons. The van der Waals surface area contributed by atoms with Crippen LogP contribution in [0.15, 0.2) is 48.1 Å². The van der Waals surface area contributed by atoms with Crippen molar-refractivity contribution in [1.82, 2.24) is 0 Å². The molecule has 4 rings (SSSR count). The minimum atomic E-state index is -1.12. The van der Waals surface area contributed by atoms with Crippen LogP contribution in [0.25, 0.3) is 0 Å². The Balaban J connectivity index is 1.53. The van der Waals surface area contributed by atoms with Crippen molar-refractivity contribution in [2.24, 2.45) is 17.8 Å². The first kappa shape index (κ1) is 27.9. The van der Waals surface area contributed by atoms with E-state index in [9.17, 15) is 15.0 Å². The van der Waals surface area contributed by atoms with E-state index < -0.39 is 17.8 Å². The highest BCUT2D eigenvalue weighted by atomic mass is 16.6. The fourth-order valence-electron chi connectivity index (χ4n) is 6.27. The molecule has 1 aromatic rings. The number of allylic oxidation sites excluding steroid dienone is 2. The van der Waals surface area contributed by atoms with Crippen molar-refractivity contribution in [2.75, 3.05) is 6.61 Å². The standard InChI is InChI=1S/C31H44O6/c1-5-15-31(4,37-27-9-7-6-8-21(27)3)30(34)36-28-19-24(33)17-22-11-10-20(2)26(29(22)28)13-12-25-18-23(32)14-16-35-25/h6-11,17,20,23-26,28-29,32-33H,5,12-16,18-19H2,1-4H3/t20-,23+,24+,25+,26-,28-,29-,31?/m0/s1. The Bertz CT molecular complexity index is 986. The Kier molecular flexibility index (Phi) is 9.15. The normalized spacial score (nSPS) is 33.1. The van der Waals surface area contributed by atoms with Gasteiger partial charge in [-0.05, 0) is 75.0 Å². The quantitative estimate of drug-likeness (QED) is 0.437. The molecule has 0 saturated carbocycles. The Morgan fingerprint density at radius 2 is 1.97 bits per heavy atom. The number of aliphatic hydroxyl groups is 2. The molecular weight excluding hydrogens is 468 g/mol. The molecule has 2 N–H and O–H groups in total. The van der Waals surface area contributed by atoms with Crippen molar-refractivity contribution in [3.63, 3.8) is 0 Å². The van der Waals surface area contributed by atoms with Gasteiger partial charge in [-0.2, -0.15) is 0 Å². The molecule has 6 nitrogen and oxygen atoms in total. The van der Waals surface area contributed by atoms with Gasteiger partial charge in [-0.15, -0.1) is 0 Å². The summed E-state index contributed by atoms with van der Waals surface area (Å²) in [6.45, 7) is 8.63. The Hall–Kier alpha value is -2.15. The number of aliphatic hydroxyl groups excluding tert-OH is 2. The van der Waals surface area contributed by atoms with E-state index in [-0.39, 0.29) is 30.0 Å². The molecule has 1 saturated heterocycles. The molecule has 0 spiro atoms. The zero-order valence-electron chi connectivity index (χ0n) is 22.8.